The first-order chi connectivity index (χ1) is 18.5. The number of anilines is 1. The van der Waals surface area contributed by atoms with Crippen LogP contribution in [-0.2, 0) is 4.79 Å². The largest absolute Gasteiger partial charge is 0.497 e. The number of nitrogens with one attached hydrogen (secondary N) is 2. The zero-order valence-corrected chi connectivity index (χ0v) is 22.1. The molecule has 38 heavy (non-hydrogen) atoms. The average Bonchev–Trinajstić information content (AvgIpc) is 2.96. The van der Waals surface area contributed by atoms with E-state index in [0.717, 1.165) is 5.56 Å². The monoisotopic (exact) mass is 525 g/mol. The van der Waals surface area contributed by atoms with Crippen LogP contribution in [0, 0.1) is 11.3 Å². The van der Waals surface area contributed by atoms with Crippen LogP contribution in [0.1, 0.15) is 28.8 Å². The van der Waals surface area contributed by atoms with E-state index in [1.165, 1.54) is 18.9 Å². The van der Waals surface area contributed by atoms with E-state index in [0.29, 0.717) is 44.6 Å². The van der Waals surface area contributed by atoms with Gasteiger partial charge in [0.25, 0.3) is 5.91 Å². The van der Waals surface area contributed by atoms with E-state index in [-0.39, 0.29) is 17.4 Å². The Morgan fingerprint density at radius 3 is 2.32 bits per heavy atom. The summed E-state index contributed by atoms with van der Waals surface area (Å²) in [4.78, 5) is 26.5. The molecule has 0 aliphatic carbocycles. The third-order valence-corrected chi connectivity index (χ3v) is 7.16. The Bertz CT molecular complexity index is 1440. The van der Waals surface area contributed by atoms with Gasteiger partial charge < -0.3 is 20.1 Å². The van der Waals surface area contributed by atoms with Crippen LogP contribution in [0.15, 0.2) is 101 Å². The number of rotatable bonds is 9. The van der Waals surface area contributed by atoms with Crippen LogP contribution in [0.25, 0.3) is 0 Å². The molecule has 2 N–H and O–H groups in total. The first kappa shape index (κ1) is 26.6. The zero-order valence-electron chi connectivity index (χ0n) is 21.3. The van der Waals surface area contributed by atoms with Crippen molar-refractivity contribution in [3.63, 3.8) is 0 Å². The van der Waals surface area contributed by atoms with Gasteiger partial charge in [-0.1, -0.05) is 54.2 Å². The van der Waals surface area contributed by atoms with E-state index in [2.05, 4.69) is 16.7 Å². The summed E-state index contributed by atoms with van der Waals surface area (Å²) in [6, 6.07) is 25.8. The topological polar surface area (TPSA) is 100 Å². The van der Waals surface area contributed by atoms with Crippen molar-refractivity contribution in [3.05, 3.63) is 112 Å². The molecule has 0 spiro atoms. The number of ketones is 1. The Hall–Kier alpha value is -4.48. The van der Waals surface area contributed by atoms with E-state index in [4.69, 9.17) is 9.47 Å². The molecule has 0 saturated heterocycles. The van der Waals surface area contributed by atoms with Crippen molar-refractivity contribution in [3.8, 4) is 17.6 Å². The Labute approximate surface area is 226 Å². The van der Waals surface area contributed by atoms with Crippen LogP contribution < -0.4 is 20.1 Å². The summed E-state index contributed by atoms with van der Waals surface area (Å²) >= 11 is 1.25. The highest BCUT2D eigenvalue weighted by Crippen LogP contribution is 2.41. The number of para-hydroxylation sites is 2. The summed E-state index contributed by atoms with van der Waals surface area (Å²) in [5.41, 5.74) is 3.28. The first-order valence-electron chi connectivity index (χ1n) is 11.9. The number of nitriles is 1. The molecule has 8 heteroatoms. The lowest BCUT2D eigenvalue weighted by molar-refractivity contribution is -0.113. The number of hydrogen-bond donors (Lipinski definition) is 2. The molecule has 1 atom stereocenters. The maximum Gasteiger partial charge on any atom is 0.254 e. The van der Waals surface area contributed by atoms with Gasteiger partial charge >= 0.3 is 0 Å². The van der Waals surface area contributed by atoms with Gasteiger partial charge in [0.05, 0.1) is 48.2 Å². The quantitative estimate of drug-likeness (QED) is 0.348. The number of benzene rings is 3. The van der Waals surface area contributed by atoms with Gasteiger partial charge in [0.15, 0.2) is 5.78 Å². The van der Waals surface area contributed by atoms with Gasteiger partial charge in [-0.2, -0.15) is 5.26 Å². The number of amides is 1. The van der Waals surface area contributed by atoms with Crippen LogP contribution >= 0.6 is 11.8 Å². The van der Waals surface area contributed by atoms with E-state index in [1.807, 2.05) is 42.5 Å². The third-order valence-electron chi connectivity index (χ3n) is 6.14. The molecule has 0 fully saturated rings. The normalized spacial score (nSPS) is 14.8. The SMILES string of the molecule is COc1ccc(C(=O)CSC2=C(C#N)[C@@H](c3ccccc3)C(C(=O)Nc3ccccc3OC)=C(C)N2)cc1. The molecule has 1 aliphatic rings. The van der Waals surface area contributed by atoms with Crippen molar-refractivity contribution < 1.29 is 19.1 Å². The van der Waals surface area contributed by atoms with Crippen molar-refractivity contribution in [2.24, 2.45) is 0 Å². The van der Waals surface area contributed by atoms with Gasteiger partial charge in [-0.15, -0.1) is 0 Å². The van der Waals surface area contributed by atoms with E-state index < -0.39 is 5.92 Å². The number of hydrogen-bond acceptors (Lipinski definition) is 7. The van der Waals surface area contributed by atoms with Gasteiger partial charge in [-0.3, -0.25) is 9.59 Å². The van der Waals surface area contributed by atoms with Gasteiger partial charge in [0.1, 0.15) is 11.5 Å². The molecule has 0 unspecified atom stereocenters. The Balaban J connectivity index is 1.65. The van der Waals surface area contributed by atoms with E-state index in [9.17, 15) is 14.9 Å². The number of allylic oxidation sites excluding steroid dienone is 2. The molecule has 1 heterocycles. The fourth-order valence-corrected chi connectivity index (χ4v) is 5.23. The fraction of sp³-hybridized carbons (Fsp3) is 0.167. The summed E-state index contributed by atoms with van der Waals surface area (Å²) in [6.45, 7) is 1.80. The standard InChI is InChI=1S/C30H27N3O4S/c1-19-27(29(35)33-24-11-7-8-12-26(24)37-3)28(21-9-5-4-6-10-21)23(17-31)30(32-19)38-18-25(34)20-13-15-22(36-2)16-14-20/h4-16,28,32H,18H2,1-3H3,(H,33,35)/t28-/m1/s1. The number of nitrogens with zero attached hydrogens (tertiary/aromatic N) is 1. The molecule has 0 aromatic heterocycles. The lowest BCUT2D eigenvalue weighted by atomic mass is 9.82. The molecule has 0 bridgehead atoms. The summed E-state index contributed by atoms with van der Waals surface area (Å²) < 4.78 is 10.5. The number of methoxy groups -OCH3 is 2. The number of ether oxygens (including phenoxy) is 2. The molecular weight excluding hydrogens is 498 g/mol. The Morgan fingerprint density at radius 2 is 1.66 bits per heavy atom. The molecular formula is C30H27N3O4S. The molecule has 192 valence electrons. The fourth-order valence-electron chi connectivity index (χ4n) is 4.24. The summed E-state index contributed by atoms with van der Waals surface area (Å²) in [5, 5.41) is 17.0. The molecule has 0 radical (unpaired) electrons. The van der Waals surface area contributed by atoms with Crippen LogP contribution in [0.3, 0.4) is 0 Å². The van der Waals surface area contributed by atoms with Crippen LogP contribution in [0.2, 0.25) is 0 Å². The van der Waals surface area contributed by atoms with Gasteiger partial charge in [-0.05, 0) is 48.9 Å². The van der Waals surface area contributed by atoms with Crippen LogP contribution in [-0.4, -0.2) is 31.7 Å². The molecule has 7 nitrogen and oxygen atoms in total. The number of Topliss-reactive ketones (excluding diaryl/α,β-unsaturated/α-hetero) is 1. The molecule has 3 aromatic rings. The minimum absolute atomic E-state index is 0.0816. The number of thioether (sulfide) groups is 1. The second-order valence-corrected chi connectivity index (χ2v) is 9.44. The van der Waals surface area contributed by atoms with E-state index >= 15 is 0 Å². The maximum atomic E-state index is 13.6. The number of carbonyl (C=O) groups is 2. The molecule has 1 aliphatic heterocycles. The van der Waals surface area contributed by atoms with Crippen molar-refractivity contribution in [1.82, 2.24) is 5.32 Å². The van der Waals surface area contributed by atoms with Gasteiger partial charge in [0.2, 0.25) is 0 Å². The lowest BCUT2D eigenvalue weighted by Gasteiger charge is -2.30. The zero-order chi connectivity index (χ0) is 27.1. The van der Waals surface area contributed by atoms with Gasteiger partial charge in [-0.25, -0.2) is 0 Å². The van der Waals surface area contributed by atoms with Crippen molar-refractivity contribution >= 4 is 29.1 Å². The molecule has 4 rings (SSSR count). The summed E-state index contributed by atoms with van der Waals surface area (Å²) in [7, 11) is 3.11. The highest BCUT2D eigenvalue weighted by Gasteiger charge is 2.35. The number of dihydropyridines is 1. The third kappa shape index (κ3) is 5.74. The first-order valence-corrected chi connectivity index (χ1v) is 12.9. The highest BCUT2D eigenvalue weighted by molar-refractivity contribution is 8.03. The molecule has 1 amide bonds. The van der Waals surface area contributed by atoms with Crippen molar-refractivity contribution in [2.45, 2.75) is 12.8 Å². The minimum atomic E-state index is -0.615. The molecule has 3 aromatic carbocycles. The second kappa shape index (κ2) is 12.2. The smallest absolute Gasteiger partial charge is 0.254 e. The predicted octanol–water partition coefficient (Wildman–Crippen LogP) is 5.65. The van der Waals surface area contributed by atoms with Crippen LogP contribution in [0.4, 0.5) is 5.69 Å². The summed E-state index contributed by atoms with van der Waals surface area (Å²) in [6.07, 6.45) is 0. The summed E-state index contributed by atoms with van der Waals surface area (Å²) in [5.74, 6) is 0.278. The van der Waals surface area contributed by atoms with Crippen molar-refractivity contribution in [2.75, 3.05) is 25.3 Å². The van der Waals surface area contributed by atoms with Crippen molar-refractivity contribution in [1.29, 1.82) is 5.26 Å². The second-order valence-electron chi connectivity index (χ2n) is 8.46. The minimum Gasteiger partial charge on any atom is -0.497 e. The lowest BCUT2D eigenvalue weighted by Crippen LogP contribution is -2.31. The predicted molar refractivity (Wildman–Crippen MR) is 149 cm³/mol. The maximum absolute atomic E-state index is 13.6. The Kier molecular flexibility index (Phi) is 8.51. The highest BCUT2D eigenvalue weighted by atomic mass is 32.2. The average molecular weight is 526 g/mol. The Morgan fingerprint density at radius 1 is 0.974 bits per heavy atom. The van der Waals surface area contributed by atoms with E-state index in [1.54, 1.807) is 50.4 Å². The van der Waals surface area contributed by atoms with Gasteiger partial charge in [0, 0.05) is 16.8 Å². The number of carbonyl (C=O) groups excluding carboxylic acids is 2. The molecule has 0 saturated carbocycles. The van der Waals surface area contributed by atoms with Crippen LogP contribution in [0.5, 0.6) is 11.5 Å².